The summed E-state index contributed by atoms with van der Waals surface area (Å²) in [6.07, 6.45) is 0.985. The van der Waals surface area contributed by atoms with Crippen LogP contribution in [0.4, 0.5) is 5.69 Å². The lowest BCUT2D eigenvalue weighted by molar-refractivity contribution is -0.116. The molecular weight excluding hydrogens is 228 g/mol. The van der Waals surface area contributed by atoms with Gasteiger partial charge in [0.15, 0.2) is 5.78 Å². The third-order valence-electron chi connectivity index (χ3n) is 2.55. The molecule has 0 atom stereocenters. The second-order valence-corrected chi connectivity index (χ2v) is 5.17. The first kappa shape index (κ1) is 14.4. The number of anilines is 1. The molecule has 0 unspecified atom stereocenters. The van der Waals surface area contributed by atoms with Crippen LogP contribution in [0.5, 0.6) is 0 Å². The van der Waals surface area contributed by atoms with Crippen LogP contribution in [-0.2, 0) is 4.79 Å². The van der Waals surface area contributed by atoms with Gasteiger partial charge in [0.1, 0.15) is 0 Å². The molecule has 0 heterocycles. The predicted octanol–water partition coefficient (Wildman–Crippen LogP) is 2.35. The Kier molecular flexibility index (Phi) is 4.62. The summed E-state index contributed by atoms with van der Waals surface area (Å²) in [5, 5.41) is 2.76. The highest BCUT2D eigenvalue weighted by Crippen LogP contribution is 2.13. The van der Waals surface area contributed by atoms with Crippen molar-refractivity contribution >= 4 is 17.4 Å². The fourth-order valence-electron chi connectivity index (χ4n) is 1.48. The molecule has 0 aliphatic rings. The highest BCUT2D eigenvalue weighted by atomic mass is 16.1. The summed E-state index contributed by atoms with van der Waals surface area (Å²) < 4.78 is 0. The van der Waals surface area contributed by atoms with E-state index in [1.54, 1.807) is 24.3 Å². The maximum atomic E-state index is 11.7. The van der Waals surface area contributed by atoms with Crippen LogP contribution in [0.25, 0.3) is 0 Å². The summed E-state index contributed by atoms with van der Waals surface area (Å²) in [6, 6.07) is 6.91. The van der Waals surface area contributed by atoms with Gasteiger partial charge in [0.2, 0.25) is 5.91 Å². The SMILES string of the molecule is CC(=O)c1cccc(NC(=O)CCC(C)(C)N)c1. The van der Waals surface area contributed by atoms with Gasteiger partial charge in [-0.05, 0) is 39.3 Å². The molecule has 0 bridgehead atoms. The molecule has 0 aromatic heterocycles. The Hall–Kier alpha value is -1.68. The molecule has 0 spiro atoms. The van der Waals surface area contributed by atoms with Gasteiger partial charge in [0, 0.05) is 23.2 Å². The van der Waals surface area contributed by atoms with E-state index in [-0.39, 0.29) is 17.2 Å². The molecule has 18 heavy (non-hydrogen) atoms. The first-order valence-corrected chi connectivity index (χ1v) is 5.98. The fourth-order valence-corrected chi connectivity index (χ4v) is 1.48. The van der Waals surface area contributed by atoms with Gasteiger partial charge in [-0.3, -0.25) is 9.59 Å². The lowest BCUT2D eigenvalue weighted by Crippen LogP contribution is -2.33. The summed E-state index contributed by atoms with van der Waals surface area (Å²) in [5.41, 5.74) is 6.70. The molecule has 98 valence electrons. The zero-order valence-corrected chi connectivity index (χ0v) is 11.1. The zero-order chi connectivity index (χ0) is 13.8. The highest BCUT2D eigenvalue weighted by Gasteiger charge is 2.13. The summed E-state index contributed by atoms with van der Waals surface area (Å²) in [7, 11) is 0. The van der Waals surface area contributed by atoms with Gasteiger partial charge in [-0.15, -0.1) is 0 Å². The summed E-state index contributed by atoms with van der Waals surface area (Å²) in [6.45, 7) is 5.27. The lowest BCUT2D eigenvalue weighted by atomic mass is 10.00. The van der Waals surface area contributed by atoms with Crippen LogP contribution in [0.15, 0.2) is 24.3 Å². The second kappa shape index (κ2) is 5.78. The van der Waals surface area contributed by atoms with E-state index in [2.05, 4.69) is 5.32 Å². The van der Waals surface area contributed by atoms with Crippen molar-refractivity contribution in [1.82, 2.24) is 0 Å². The number of carbonyl (C=O) groups excluding carboxylic acids is 2. The third kappa shape index (κ3) is 5.10. The fraction of sp³-hybridized carbons (Fsp3) is 0.429. The van der Waals surface area contributed by atoms with Crippen molar-refractivity contribution in [2.24, 2.45) is 5.73 Å². The number of Topliss-reactive ketones (excluding diaryl/α,β-unsaturated/α-hetero) is 1. The molecule has 0 radical (unpaired) electrons. The molecule has 4 nitrogen and oxygen atoms in total. The molecule has 1 rings (SSSR count). The van der Waals surface area contributed by atoms with E-state index in [4.69, 9.17) is 5.73 Å². The summed E-state index contributed by atoms with van der Waals surface area (Å²) >= 11 is 0. The van der Waals surface area contributed by atoms with Crippen LogP contribution in [0.1, 0.15) is 44.0 Å². The van der Waals surface area contributed by atoms with Crippen molar-refractivity contribution in [3.8, 4) is 0 Å². The van der Waals surface area contributed by atoms with Crippen LogP contribution in [0.2, 0.25) is 0 Å². The van der Waals surface area contributed by atoms with Gasteiger partial charge in [0.25, 0.3) is 0 Å². The molecule has 0 aliphatic carbocycles. The number of nitrogens with two attached hydrogens (primary N) is 1. The molecule has 1 amide bonds. The number of benzene rings is 1. The molecule has 1 aromatic rings. The van der Waals surface area contributed by atoms with Gasteiger partial charge in [-0.25, -0.2) is 0 Å². The number of nitrogens with one attached hydrogen (secondary N) is 1. The molecule has 0 fully saturated rings. The first-order valence-electron chi connectivity index (χ1n) is 5.98. The van der Waals surface area contributed by atoms with Crippen molar-refractivity contribution in [2.75, 3.05) is 5.32 Å². The van der Waals surface area contributed by atoms with Gasteiger partial charge in [0.05, 0.1) is 0 Å². The quantitative estimate of drug-likeness (QED) is 0.786. The van der Waals surface area contributed by atoms with E-state index >= 15 is 0 Å². The first-order chi connectivity index (χ1) is 8.28. The normalized spacial score (nSPS) is 11.1. The Morgan fingerprint density at radius 3 is 2.56 bits per heavy atom. The van der Waals surface area contributed by atoms with Crippen LogP contribution in [0, 0.1) is 0 Å². The number of ketones is 1. The van der Waals surface area contributed by atoms with Crippen LogP contribution in [0.3, 0.4) is 0 Å². The van der Waals surface area contributed by atoms with Crippen LogP contribution < -0.4 is 11.1 Å². The maximum absolute atomic E-state index is 11.7. The van der Waals surface area contributed by atoms with E-state index in [1.807, 2.05) is 13.8 Å². The van der Waals surface area contributed by atoms with E-state index in [1.165, 1.54) is 6.92 Å². The van der Waals surface area contributed by atoms with Gasteiger partial charge in [-0.1, -0.05) is 12.1 Å². The minimum absolute atomic E-state index is 0.0193. The molecule has 0 aliphatic heterocycles. The van der Waals surface area contributed by atoms with E-state index in [0.29, 0.717) is 24.1 Å². The Balaban J connectivity index is 2.59. The molecule has 0 saturated carbocycles. The molecule has 1 aromatic carbocycles. The lowest BCUT2D eigenvalue weighted by Gasteiger charge is -2.17. The summed E-state index contributed by atoms with van der Waals surface area (Å²) in [4.78, 5) is 22.9. The second-order valence-electron chi connectivity index (χ2n) is 5.17. The topological polar surface area (TPSA) is 72.2 Å². The molecular formula is C14H20N2O2. The van der Waals surface area contributed by atoms with Gasteiger partial charge in [-0.2, -0.15) is 0 Å². The van der Waals surface area contributed by atoms with E-state index in [9.17, 15) is 9.59 Å². The van der Waals surface area contributed by atoms with Crippen LogP contribution in [-0.4, -0.2) is 17.2 Å². The van der Waals surface area contributed by atoms with Crippen LogP contribution >= 0.6 is 0 Å². The number of amides is 1. The third-order valence-corrected chi connectivity index (χ3v) is 2.55. The number of carbonyl (C=O) groups is 2. The average Bonchev–Trinajstić information content (AvgIpc) is 2.26. The van der Waals surface area contributed by atoms with Crippen molar-refractivity contribution in [1.29, 1.82) is 0 Å². The monoisotopic (exact) mass is 248 g/mol. The van der Waals surface area contributed by atoms with Gasteiger partial charge >= 0.3 is 0 Å². The van der Waals surface area contributed by atoms with Crippen molar-refractivity contribution in [3.05, 3.63) is 29.8 Å². The zero-order valence-electron chi connectivity index (χ0n) is 11.1. The number of rotatable bonds is 5. The average molecular weight is 248 g/mol. The maximum Gasteiger partial charge on any atom is 0.224 e. The van der Waals surface area contributed by atoms with E-state index in [0.717, 1.165) is 0 Å². The molecule has 0 saturated heterocycles. The Morgan fingerprint density at radius 2 is 2.00 bits per heavy atom. The van der Waals surface area contributed by atoms with E-state index < -0.39 is 0 Å². The summed E-state index contributed by atoms with van der Waals surface area (Å²) in [5.74, 6) is -0.108. The standard InChI is InChI=1S/C14H20N2O2/c1-10(17)11-5-4-6-12(9-11)16-13(18)7-8-14(2,3)15/h4-6,9H,7-8,15H2,1-3H3,(H,16,18). The Labute approximate surface area is 108 Å². The molecule has 4 heteroatoms. The van der Waals surface area contributed by atoms with Crippen molar-refractivity contribution in [2.45, 2.75) is 39.2 Å². The largest absolute Gasteiger partial charge is 0.326 e. The minimum atomic E-state index is -0.349. The van der Waals surface area contributed by atoms with Crippen molar-refractivity contribution in [3.63, 3.8) is 0 Å². The predicted molar refractivity (Wildman–Crippen MR) is 72.6 cm³/mol. The Morgan fingerprint density at radius 1 is 1.33 bits per heavy atom. The highest BCUT2D eigenvalue weighted by molar-refractivity contribution is 5.97. The molecule has 3 N–H and O–H groups in total. The number of hydrogen-bond donors (Lipinski definition) is 2. The Bertz CT molecular complexity index is 447. The smallest absolute Gasteiger partial charge is 0.224 e. The minimum Gasteiger partial charge on any atom is -0.326 e. The van der Waals surface area contributed by atoms with Gasteiger partial charge < -0.3 is 11.1 Å². The van der Waals surface area contributed by atoms with Crippen molar-refractivity contribution < 1.29 is 9.59 Å². The number of hydrogen-bond acceptors (Lipinski definition) is 3.